The summed E-state index contributed by atoms with van der Waals surface area (Å²) in [6, 6.07) is 17.9. The first-order valence-electron chi connectivity index (χ1n) is 10.6. The maximum atomic E-state index is 13.3. The number of halogens is 1. The Morgan fingerprint density at radius 3 is 2.59 bits per heavy atom. The summed E-state index contributed by atoms with van der Waals surface area (Å²) in [5, 5.41) is 2.75. The minimum atomic E-state index is -0.809. The van der Waals surface area contributed by atoms with Gasteiger partial charge in [-0.3, -0.25) is 9.69 Å². The molecular weight excluding hydrogens is 409 g/mol. The lowest BCUT2D eigenvalue weighted by atomic mass is 10.2. The van der Waals surface area contributed by atoms with Gasteiger partial charge in [-0.05, 0) is 24.6 Å². The molecule has 1 aliphatic heterocycles. The molecule has 4 rings (SSSR count). The molecule has 32 heavy (non-hydrogen) atoms. The van der Waals surface area contributed by atoms with Gasteiger partial charge in [0.1, 0.15) is 29.5 Å². The zero-order valence-corrected chi connectivity index (χ0v) is 17.9. The van der Waals surface area contributed by atoms with E-state index in [0.717, 1.165) is 38.5 Å². The molecule has 1 atom stereocenters. The van der Waals surface area contributed by atoms with Crippen molar-refractivity contribution >= 4 is 17.5 Å². The number of ether oxygens (including phenoxy) is 1. The van der Waals surface area contributed by atoms with Crippen LogP contribution in [0.3, 0.4) is 0 Å². The number of hydrogen-bond donors (Lipinski definition) is 1. The second-order valence-electron chi connectivity index (χ2n) is 7.72. The Bertz CT molecular complexity index is 1040. The van der Waals surface area contributed by atoms with Crippen molar-refractivity contribution in [2.24, 2.45) is 0 Å². The summed E-state index contributed by atoms with van der Waals surface area (Å²) in [7, 11) is 0. The number of piperazine rings is 1. The van der Waals surface area contributed by atoms with Gasteiger partial charge in [0, 0.05) is 44.9 Å². The van der Waals surface area contributed by atoms with Crippen LogP contribution in [-0.2, 0) is 11.3 Å². The van der Waals surface area contributed by atoms with Gasteiger partial charge in [-0.15, -0.1) is 0 Å². The van der Waals surface area contributed by atoms with Gasteiger partial charge < -0.3 is 15.0 Å². The summed E-state index contributed by atoms with van der Waals surface area (Å²) < 4.78 is 18.8. The fourth-order valence-electron chi connectivity index (χ4n) is 3.59. The standard InChI is InChI=1S/C24H26FN5O2/c1-18(32-21-9-5-8-20(25)14-21)24(31)28-22-15-23(27-17-26-22)30-12-10-29(11-13-30)16-19-6-3-2-4-7-19/h2-9,14-15,17-18H,10-13,16H2,1H3,(H,26,27,28,31). The van der Waals surface area contributed by atoms with Crippen LogP contribution in [-0.4, -0.2) is 53.1 Å². The number of benzene rings is 2. The normalized spacial score (nSPS) is 15.2. The van der Waals surface area contributed by atoms with Gasteiger partial charge in [0.25, 0.3) is 5.91 Å². The van der Waals surface area contributed by atoms with Gasteiger partial charge in [0.2, 0.25) is 0 Å². The number of nitrogens with one attached hydrogen (secondary N) is 1. The number of carbonyl (C=O) groups is 1. The predicted octanol–water partition coefficient (Wildman–Crippen LogP) is 3.34. The van der Waals surface area contributed by atoms with Crippen LogP contribution in [0.1, 0.15) is 12.5 Å². The number of anilines is 2. The third-order valence-corrected chi connectivity index (χ3v) is 5.33. The highest BCUT2D eigenvalue weighted by Crippen LogP contribution is 2.18. The average Bonchev–Trinajstić information content (AvgIpc) is 2.80. The second-order valence-corrected chi connectivity index (χ2v) is 7.72. The Morgan fingerprint density at radius 2 is 1.84 bits per heavy atom. The number of rotatable bonds is 7. The van der Waals surface area contributed by atoms with Crippen molar-refractivity contribution in [2.45, 2.75) is 19.6 Å². The van der Waals surface area contributed by atoms with E-state index >= 15 is 0 Å². The first kappa shape index (κ1) is 21.7. The van der Waals surface area contributed by atoms with E-state index in [1.165, 1.54) is 30.1 Å². The molecule has 2 heterocycles. The second kappa shape index (κ2) is 10.2. The van der Waals surface area contributed by atoms with Gasteiger partial charge in [0.15, 0.2) is 6.10 Å². The Kier molecular flexibility index (Phi) is 6.91. The third-order valence-electron chi connectivity index (χ3n) is 5.33. The molecule has 1 aliphatic rings. The molecule has 1 fully saturated rings. The number of hydrogen-bond acceptors (Lipinski definition) is 6. The van der Waals surface area contributed by atoms with Gasteiger partial charge in [-0.1, -0.05) is 36.4 Å². The van der Waals surface area contributed by atoms with Crippen molar-refractivity contribution in [3.63, 3.8) is 0 Å². The summed E-state index contributed by atoms with van der Waals surface area (Å²) in [4.78, 5) is 25.6. The Hall–Kier alpha value is -3.52. The van der Waals surface area contributed by atoms with E-state index in [2.05, 4.69) is 49.4 Å². The lowest BCUT2D eigenvalue weighted by Crippen LogP contribution is -2.46. The van der Waals surface area contributed by atoms with Crippen LogP contribution in [0.4, 0.5) is 16.0 Å². The molecule has 2 aromatic carbocycles. The molecule has 0 bridgehead atoms. The van der Waals surface area contributed by atoms with Crippen LogP contribution < -0.4 is 15.0 Å². The highest BCUT2D eigenvalue weighted by Gasteiger charge is 2.20. The molecule has 1 N–H and O–H groups in total. The van der Waals surface area contributed by atoms with E-state index in [-0.39, 0.29) is 5.91 Å². The fraction of sp³-hybridized carbons (Fsp3) is 0.292. The highest BCUT2D eigenvalue weighted by atomic mass is 19.1. The summed E-state index contributed by atoms with van der Waals surface area (Å²) in [5.41, 5.74) is 1.31. The molecular formula is C24H26FN5O2. The maximum absolute atomic E-state index is 13.3. The van der Waals surface area contributed by atoms with Gasteiger partial charge in [-0.25, -0.2) is 14.4 Å². The largest absolute Gasteiger partial charge is 0.481 e. The molecule has 1 saturated heterocycles. The van der Waals surface area contributed by atoms with Gasteiger partial charge >= 0.3 is 0 Å². The van der Waals surface area contributed by atoms with Crippen molar-refractivity contribution < 1.29 is 13.9 Å². The van der Waals surface area contributed by atoms with E-state index in [0.29, 0.717) is 11.6 Å². The number of nitrogens with zero attached hydrogens (tertiary/aromatic N) is 4. The lowest BCUT2D eigenvalue weighted by Gasteiger charge is -2.35. The summed E-state index contributed by atoms with van der Waals surface area (Å²) >= 11 is 0. The molecule has 1 aromatic heterocycles. The zero-order chi connectivity index (χ0) is 22.3. The van der Waals surface area contributed by atoms with Crippen molar-refractivity contribution in [3.05, 3.63) is 78.4 Å². The van der Waals surface area contributed by atoms with Crippen LogP contribution in [0.15, 0.2) is 67.0 Å². The molecule has 1 amide bonds. The van der Waals surface area contributed by atoms with E-state index < -0.39 is 11.9 Å². The molecule has 1 unspecified atom stereocenters. The number of aromatic nitrogens is 2. The van der Waals surface area contributed by atoms with Crippen molar-refractivity contribution in [1.82, 2.24) is 14.9 Å². The first-order chi connectivity index (χ1) is 15.6. The smallest absolute Gasteiger partial charge is 0.266 e. The molecule has 166 valence electrons. The zero-order valence-electron chi connectivity index (χ0n) is 17.9. The Balaban J connectivity index is 1.31. The summed E-state index contributed by atoms with van der Waals surface area (Å²) in [5.74, 6) is 0.685. The van der Waals surface area contributed by atoms with Crippen molar-refractivity contribution in [2.75, 3.05) is 36.4 Å². The van der Waals surface area contributed by atoms with Crippen LogP contribution in [0, 0.1) is 5.82 Å². The molecule has 8 heteroatoms. The van der Waals surface area contributed by atoms with Crippen molar-refractivity contribution in [1.29, 1.82) is 0 Å². The minimum Gasteiger partial charge on any atom is -0.481 e. The molecule has 7 nitrogen and oxygen atoms in total. The molecule has 0 saturated carbocycles. The first-order valence-corrected chi connectivity index (χ1v) is 10.6. The molecule has 0 aliphatic carbocycles. The molecule has 0 spiro atoms. The average molecular weight is 436 g/mol. The van der Waals surface area contributed by atoms with E-state index in [4.69, 9.17) is 4.74 Å². The monoisotopic (exact) mass is 435 g/mol. The predicted molar refractivity (Wildman–Crippen MR) is 121 cm³/mol. The van der Waals surface area contributed by atoms with E-state index in [1.54, 1.807) is 19.1 Å². The van der Waals surface area contributed by atoms with Gasteiger partial charge in [0.05, 0.1) is 0 Å². The van der Waals surface area contributed by atoms with Gasteiger partial charge in [-0.2, -0.15) is 0 Å². The van der Waals surface area contributed by atoms with E-state index in [1.807, 2.05) is 6.07 Å². The van der Waals surface area contributed by atoms with Crippen LogP contribution in [0.25, 0.3) is 0 Å². The highest BCUT2D eigenvalue weighted by molar-refractivity contribution is 5.93. The topological polar surface area (TPSA) is 70.6 Å². The third kappa shape index (κ3) is 5.79. The summed E-state index contributed by atoms with van der Waals surface area (Å²) in [6.45, 7) is 6.09. The quantitative estimate of drug-likeness (QED) is 0.614. The molecule has 3 aromatic rings. The maximum Gasteiger partial charge on any atom is 0.266 e. The number of carbonyl (C=O) groups excluding carboxylic acids is 1. The Labute approximate surface area is 186 Å². The van der Waals surface area contributed by atoms with Crippen LogP contribution >= 0.6 is 0 Å². The number of amides is 1. The van der Waals surface area contributed by atoms with Crippen LogP contribution in [0.5, 0.6) is 5.75 Å². The molecule has 0 radical (unpaired) electrons. The lowest BCUT2D eigenvalue weighted by molar-refractivity contribution is -0.122. The van der Waals surface area contributed by atoms with Crippen LogP contribution in [0.2, 0.25) is 0 Å². The fourth-order valence-corrected chi connectivity index (χ4v) is 3.59. The van der Waals surface area contributed by atoms with E-state index in [9.17, 15) is 9.18 Å². The minimum absolute atomic E-state index is 0.296. The SMILES string of the molecule is CC(Oc1cccc(F)c1)C(=O)Nc1cc(N2CCN(Cc3ccccc3)CC2)ncn1. The Morgan fingerprint density at radius 1 is 1.06 bits per heavy atom. The van der Waals surface area contributed by atoms with Crippen molar-refractivity contribution in [3.8, 4) is 5.75 Å². The summed E-state index contributed by atoms with van der Waals surface area (Å²) in [6.07, 6.45) is 0.635.